The maximum absolute atomic E-state index is 2.43. The molecule has 1 nitrogen and oxygen atoms in total. The molecule has 0 aliphatic rings. The summed E-state index contributed by atoms with van der Waals surface area (Å²) in [5, 5.41) is 13.3. The van der Waals surface area contributed by atoms with Crippen molar-refractivity contribution in [2.75, 3.05) is 0 Å². The second-order valence-electron chi connectivity index (χ2n) is 15.6. The Morgan fingerprint density at radius 3 is 1.27 bits per heavy atom. The summed E-state index contributed by atoms with van der Waals surface area (Å²) in [6.07, 6.45) is 0. The molecule has 5 heteroatoms. The third-order valence-corrected chi connectivity index (χ3v) is 17.2. The van der Waals surface area contributed by atoms with E-state index in [-0.39, 0.29) is 0 Å². The van der Waals surface area contributed by atoms with Gasteiger partial charge in [-0.3, -0.25) is 0 Å². The molecule has 0 amide bonds. The lowest BCUT2D eigenvalue weighted by Gasteiger charge is -2.09. The van der Waals surface area contributed by atoms with E-state index in [0.717, 1.165) is 0 Å². The zero-order valence-electron chi connectivity index (χ0n) is 31.3. The SMILES string of the molecule is c1ccc(-n2c3ccc(-c4ccc5sc6cc7c(cc6c5c4)sc4ccccc47)cc3c3cc(-c4ccc5sc6c(ccc7c8ccccc8sc76)c5c4)ccc32)cc1. The van der Waals surface area contributed by atoms with Crippen molar-refractivity contribution in [3.8, 4) is 27.9 Å². The molecule has 0 aliphatic heterocycles. The third kappa shape index (κ3) is 4.70. The van der Waals surface area contributed by atoms with Gasteiger partial charge in [-0.1, -0.05) is 91.0 Å². The van der Waals surface area contributed by atoms with E-state index in [1.807, 2.05) is 45.3 Å². The predicted molar refractivity (Wildman–Crippen MR) is 263 cm³/mol. The lowest BCUT2D eigenvalue weighted by molar-refractivity contribution is 1.18. The van der Waals surface area contributed by atoms with Gasteiger partial charge in [0.25, 0.3) is 0 Å². The molecule has 274 valence electrons. The summed E-state index contributed by atoms with van der Waals surface area (Å²) in [7, 11) is 0. The molecule has 59 heavy (non-hydrogen) atoms. The van der Waals surface area contributed by atoms with Crippen LogP contribution in [0.1, 0.15) is 0 Å². The van der Waals surface area contributed by atoms with Crippen molar-refractivity contribution >= 4 is 148 Å². The molecule has 9 aromatic carbocycles. The Kier molecular flexibility index (Phi) is 6.69. The normalized spacial score (nSPS) is 12.4. The lowest BCUT2D eigenvalue weighted by Crippen LogP contribution is -1.93. The van der Waals surface area contributed by atoms with E-state index in [1.54, 1.807) is 0 Å². The number of hydrogen-bond acceptors (Lipinski definition) is 4. The first kappa shape index (κ1) is 32.6. The van der Waals surface area contributed by atoms with Gasteiger partial charge in [0.2, 0.25) is 0 Å². The highest BCUT2D eigenvalue weighted by Gasteiger charge is 2.18. The highest BCUT2D eigenvalue weighted by Crippen LogP contribution is 2.47. The summed E-state index contributed by atoms with van der Waals surface area (Å²) in [4.78, 5) is 0. The van der Waals surface area contributed by atoms with Crippen LogP contribution in [-0.4, -0.2) is 4.57 Å². The van der Waals surface area contributed by atoms with Crippen molar-refractivity contribution in [2.24, 2.45) is 0 Å². The monoisotopic (exact) mass is 819 g/mol. The quantitative estimate of drug-likeness (QED) is 0.167. The van der Waals surface area contributed by atoms with Crippen LogP contribution in [0.25, 0.3) is 130 Å². The molecule has 0 spiro atoms. The summed E-state index contributed by atoms with van der Waals surface area (Å²) in [6, 6.07) is 66.2. The Bertz CT molecular complexity index is 3990. The Morgan fingerprint density at radius 1 is 0.254 bits per heavy atom. The lowest BCUT2D eigenvalue weighted by atomic mass is 9.98. The minimum Gasteiger partial charge on any atom is -0.309 e. The summed E-state index contributed by atoms with van der Waals surface area (Å²) in [5.41, 5.74) is 8.56. The van der Waals surface area contributed by atoms with Crippen molar-refractivity contribution in [2.45, 2.75) is 0 Å². The van der Waals surface area contributed by atoms with Gasteiger partial charge in [-0.2, -0.15) is 0 Å². The second kappa shape index (κ2) is 12.1. The molecule has 5 aromatic heterocycles. The van der Waals surface area contributed by atoms with Crippen molar-refractivity contribution in [3.05, 3.63) is 176 Å². The van der Waals surface area contributed by atoms with E-state index in [1.165, 1.54) is 130 Å². The van der Waals surface area contributed by atoms with Crippen LogP contribution in [-0.2, 0) is 0 Å². The van der Waals surface area contributed by atoms with E-state index < -0.39 is 0 Å². The first-order chi connectivity index (χ1) is 29.2. The van der Waals surface area contributed by atoms with Crippen LogP contribution < -0.4 is 0 Å². The molecule has 0 aliphatic carbocycles. The first-order valence-corrected chi connectivity index (χ1v) is 23.2. The molecule has 0 saturated carbocycles. The fourth-order valence-corrected chi connectivity index (χ4v) is 14.4. The van der Waals surface area contributed by atoms with Crippen LogP contribution in [0.4, 0.5) is 0 Å². The zero-order chi connectivity index (χ0) is 38.3. The average Bonchev–Trinajstić information content (AvgIpc) is 4.10. The van der Waals surface area contributed by atoms with Gasteiger partial charge in [0.05, 0.1) is 20.4 Å². The second-order valence-corrected chi connectivity index (χ2v) is 19.9. The number of nitrogens with zero attached hydrogens (tertiary/aromatic N) is 1. The molecular weight excluding hydrogens is 791 g/mol. The summed E-state index contributed by atoms with van der Waals surface area (Å²) in [5.74, 6) is 0. The van der Waals surface area contributed by atoms with Crippen molar-refractivity contribution in [3.63, 3.8) is 0 Å². The number of rotatable bonds is 3. The number of benzene rings is 9. The number of hydrogen-bond donors (Lipinski definition) is 0. The average molecular weight is 820 g/mol. The van der Waals surface area contributed by atoms with Gasteiger partial charge in [0.1, 0.15) is 0 Å². The van der Waals surface area contributed by atoms with Crippen LogP contribution in [0, 0.1) is 0 Å². The number of thiophene rings is 4. The Balaban J connectivity index is 0.941. The van der Waals surface area contributed by atoms with Gasteiger partial charge < -0.3 is 4.57 Å². The maximum atomic E-state index is 2.43. The number of aromatic nitrogens is 1. The van der Waals surface area contributed by atoms with Crippen LogP contribution in [0.15, 0.2) is 176 Å². The van der Waals surface area contributed by atoms with Crippen LogP contribution in [0.3, 0.4) is 0 Å². The molecule has 0 saturated heterocycles. The van der Waals surface area contributed by atoms with E-state index in [4.69, 9.17) is 0 Å². The smallest absolute Gasteiger partial charge is 0.0541 e. The van der Waals surface area contributed by atoms with E-state index in [9.17, 15) is 0 Å². The van der Waals surface area contributed by atoms with Crippen molar-refractivity contribution in [1.82, 2.24) is 4.57 Å². The van der Waals surface area contributed by atoms with E-state index in [0.29, 0.717) is 0 Å². The van der Waals surface area contributed by atoms with E-state index in [2.05, 4.69) is 180 Å². The van der Waals surface area contributed by atoms with Crippen molar-refractivity contribution in [1.29, 1.82) is 0 Å². The molecule has 14 aromatic rings. The fraction of sp³-hybridized carbons (Fsp3) is 0. The highest BCUT2D eigenvalue weighted by atomic mass is 32.1. The molecule has 0 bridgehead atoms. The largest absolute Gasteiger partial charge is 0.309 e. The standard InChI is InChI=1S/C54H29NS4/c1-2-8-34(9-3-1)55-45-20-14-30(32-17-23-50-41(26-32)38-19-18-37-35-10-4-7-13-48(35)58-53(37)54(38)59-50)24-39(45)40-25-31(15-21-46(40)55)33-16-22-49-42(27-33)44-29-51-43(28-52(44)57-49)36-11-5-6-12-47(36)56-51/h1-29H. The third-order valence-electron chi connectivity index (χ3n) is 12.4. The molecule has 0 fully saturated rings. The Hall–Kier alpha value is -6.34. The van der Waals surface area contributed by atoms with Gasteiger partial charge in [-0.25, -0.2) is 0 Å². The van der Waals surface area contributed by atoms with E-state index >= 15 is 0 Å². The Morgan fingerprint density at radius 2 is 0.661 bits per heavy atom. The summed E-state index contributed by atoms with van der Waals surface area (Å²) >= 11 is 7.65. The summed E-state index contributed by atoms with van der Waals surface area (Å²) in [6.45, 7) is 0. The molecule has 0 atom stereocenters. The molecule has 5 heterocycles. The fourth-order valence-electron chi connectivity index (χ4n) is 9.61. The molecule has 0 radical (unpaired) electrons. The number of para-hydroxylation sites is 1. The van der Waals surface area contributed by atoms with Crippen molar-refractivity contribution < 1.29 is 0 Å². The maximum Gasteiger partial charge on any atom is 0.0541 e. The zero-order valence-corrected chi connectivity index (χ0v) is 34.6. The highest BCUT2D eigenvalue weighted by molar-refractivity contribution is 7.33. The van der Waals surface area contributed by atoms with Gasteiger partial charge in [-0.05, 0) is 107 Å². The molecule has 14 rings (SSSR count). The van der Waals surface area contributed by atoms with Crippen LogP contribution >= 0.6 is 45.3 Å². The van der Waals surface area contributed by atoms with Gasteiger partial charge in [0.15, 0.2) is 0 Å². The summed E-state index contributed by atoms with van der Waals surface area (Å²) < 4.78 is 13.3. The minimum atomic E-state index is 1.17. The minimum absolute atomic E-state index is 1.17. The van der Waals surface area contributed by atoms with Crippen LogP contribution in [0.5, 0.6) is 0 Å². The van der Waals surface area contributed by atoms with Crippen LogP contribution in [0.2, 0.25) is 0 Å². The topological polar surface area (TPSA) is 4.93 Å². The van der Waals surface area contributed by atoms with Gasteiger partial charge >= 0.3 is 0 Å². The number of fused-ring (bicyclic) bond motifs is 16. The van der Waals surface area contributed by atoms with Gasteiger partial charge in [0, 0.05) is 87.7 Å². The molecule has 0 N–H and O–H groups in total. The van der Waals surface area contributed by atoms with Gasteiger partial charge in [-0.15, -0.1) is 45.3 Å². The Labute approximate surface area is 353 Å². The first-order valence-electron chi connectivity index (χ1n) is 19.9. The molecule has 0 unspecified atom stereocenters. The molecular formula is C54H29NS4. The predicted octanol–water partition coefficient (Wildman–Crippen LogP) is 17.6.